The van der Waals surface area contributed by atoms with E-state index in [-0.39, 0.29) is 6.23 Å². The molecule has 0 saturated heterocycles. The van der Waals surface area contributed by atoms with E-state index in [1.54, 1.807) is 0 Å². The van der Waals surface area contributed by atoms with Gasteiger partial charge in [0.05, 0.1) is 16.6 Å². The van der Waals surface area contributed by atoms with Crippen molar-refractivity contribution in [3.63, 3.8) is 0 Å². The minimum absolute atomic E-state index is 0.291. The molecule has 1 fully saturated rings. The molecule has 0 aromatic carbocycles. The van der Waals surface area contributed by atoms with E-state index < -0.39 is 0 Å². The van der Waals surface area contributed by atoms with E-state index in [1.165, 1.54) is 54.0 Å². The fourth-order valence-corrected chi connectivity index (χ4v) is 3.87. The maximum absolute atomic E-state index is 5.97. The summed E-state index contributed by atoms with van der Waals surface area (Å²) >= 11 is 1.81. The average Bonchev–Trinajstić information content (AvgIpc) is 2.86. The fourth-order valence-electron chi connectivity index (χ4n) is 2.99. The molecule has 1 saturated carbocycles. The predicted molar refractivity (Wildman–Crippen MR) is 79.4 cm³/mol. The van der Waals surface area contributed by atoms with E-state index in [2.05, 4.69) is 30.2 Å². The van der Waals surface area contributed by atoms with Crippen molar-refractivity contribution in [1.29, 1.82) is 0 Å². The van der Waals surface area contributed by atoms with Crippen molar-refractivity contribution in [2.75, 3.05) is 0 Å². The van der Waals surface area contributed by atoms with Crippen molar-refractivity contribution in [3.8, 4) is 0 Å². The van der Waals surface area contributed by atoms with Crippen molar-refractivity contribution in [3.05, 3.63) is 28.0 Å². The number of rotatable bonds is 2. The van der Waals surface area contributed by atoms with Crippen molar-refractivity contribution >= 4 is 17.0 Å². The van der Waals surface area contributed by atoms with Gasteiger partial charge in [0.1, 0.15) is 0 Å². The summed E-state index contributed by atoms with van der Waals surface area (Å²) in [6, 6.07) is 4.83. The molecular formula is C15H22N2OS. The Morgan fingerprint density at radius 1 is 1.21 bits per heavy atom. The van der Waals surface area contributed by atoms with Crippen LogP contribution in [0, 0.1) is 6.92 Å². The van der Waals surface area contributed by atoms with E-state index >= 15 is 0 Å². The SMILES string of the molecule is Cc1ccc(C2=CC(N)ON2C2CCCCCC2)s1. The monoisotopic (exact) mass is 278 g/mol. The number of hydrogen-bond donors (Lipinski definition) is 1. The third-order valence-corrected chi connectivity index (χ3v) is 4.97. The van der Waals surface area contributed by atoms with E-state index in [0.717, 1.165) is 0 Å². The Morgan fingerprint density at radius 2 is 1.95 bits per heavy atom. The molecule has 1 aromatic rings. The molecule has 2 aliphatic rings. The second-order valence-electron chi connectivity index (χ2n) is 5.50. The van der Waals surface area contributed by atoms with Gasteiger partial charge in [0.2, 0.25) is 0 Å². The lowest BCUT2D eigenvalue weighted by molar-refractivity contribution is -0.148. The van der Waals surface area contributed by atoms with Crippen LogP contribution in [0.2, 0.25) is 0 Å². The highest BCUT2D eigenvalue weighted by Crippen LogP contribution is 2.36. The maximum atomic E-state index is 5.97. The third-order valence-electron chi connectivity index (χ3n) is 3.94. The summed E-state index contributed by atoms with van der Waals surface area (Å²) in [7, 11) is 0. The molecule has 1 aromatic heterocycles. The van der Waals surface area contributed by atoms with Gasteiger partial charge in [-0.25, -0.2) is 5.06 Å². The van der Waals surface area contributed by atoms with Crippen LogP contribution in [0.1, 0.15) is 48.3 Å². The molecule has 104 valence electrons. The first kappa shape index (κ1) is 13.2. The van der Waals surface area contributed by atoms with Gasteiger partial charge in [0.15, 0.2) is 6.23 Å². The standard InChI is InChI=1S/C15H22N2OS/c1-11-8-9-14(19-11)13-10-15(16)18-17(13)12-6-4-2-3-5-7-12/h8-10,12,15H,2-7,16H2,1H3. The van der Waals surface area contributed by atoms with Gasteiger partial charge in [-0.15, -0.1) is 11.3 Å². The third kappa shape index (κ3) is 2.86. The van der Waals surface area contributed by atoms with Gasteiger partial charge in [-0.2, -0.15) is 0 Å². The Balaban J connectivity index is 1.82. The highest BCUT2D eigenvalue weighted by molar-refractivity contribution is 7.13. The van der Waals surface area contributed by atoms with Gasteiger partial charge in [-0.1, -0.05) is 25.7 Å². The molecule has 4 heteroatoms. The number of thiophene rings is 1. The average molecular weight is 278 g/mol. The van der Waals surface area contributed by atoms with Crippen molar-refractivity contribution in [2.45, 2.75) is 57.7 Å². The smallest absolute Gasteiger partial charge is 0.155 e. The van der Waals surface area contributed by atoms with Gasteiger partial charge in [0, 0.05) is 4.88 Å². The van der Waals surface area contributed by atoms with E-state index in [1.807, 2.05) is 11.3 Å². The lowest BCUT2D eigenvalue weighted by Crippen LogP contribution is -2.34. The van der Waals surface area contributed by atoms with Crippen LogP contribution in [0.3, 0.4) is 0 Å². The first-order valence-corrected chi connectivity index (χ1v) is 8.06. The van der Waals surface area contributed by atoms with Crippen LogP contribution >= 0.6 is 11.3 Å². The molecule has 0 radical (unpaired) electrons. The molecule has 19 heavy (non-hydrogen) atoms. The molecule has 1 aliphatic carbocycles. The quantitative estimate of drug-likeness (QED) is 0.839. The molecular weight excluding hydrogens is 256 g/mol. The van der Waals surface area contributed by atoms with Crippen molar-refractivity contribution < 1.29 is 4.84 Å². The van der Waals surface area contributed by atoms with Gasteiger partial charge >= 0.3 is 0 Å². The minimum atomic E-state index is -0.291. The second kappa shape index (κ2) is 5.65. The predicted octanol–water partition coefficient (Wildman–Crippen LogP) is 3.65. The molecule has 2 heterocycles. The van der Waals surface area contributed by atoms with Crippen LogP contribution < -0.4 is 5.73 Å². The molecule has 3 rings (SSSR count). The van der Waals surface area contributed by atoms with E-state index in [4.69, 9.17) is 10.6 Å². The minimum Gasteiger partial charge on any atom is -0.301 e. The van der Waals surface area contributed by atoms with Crippen LogP contribution in [-0.2, 0) is 4.84 Å². The molecule has 0 amide bonds. The normalized spacial score (nSPS) is 25.5. The summed E-state index contributed by atoms with van der Waals surface area (Å²) in [6.07, 6.45) is 9.51. The molecule has 1 unspecified atom stereocenters. The number of hydrogen-bond acceptors (Lipinski definition) is 4. The van der Waals surface area contributed by atoms with Gasteiger partial charge in [-0.3, -0.25) is 4.84 Å². The lowest BCUT2D eigenvalue weighted by Gasteiger charge is -2.29. The van der Waals surface area contributed by atoms with Crippen LogP contribution in [0.15, 0.2) is 18.2 Å². The zero-order chi connectivity index (χ0) is 13.2. The first-order valence-electron chi connectivity index (χ1n) is 7.24. The Kier molecular flexibility index (Phi) is 3.91. The van der Waals surface area contributed by atoms with Gasteiger partial charge in [0.25, 0.3) is 0 Å². The van der Waals surface area contributed by atoms with E-state index in [9.17, 15) is 0 Å². The number of nitrogens with two attached hydrogens (primary N) is 1. The van der Waals surface area contributed by atoms with Crippen LogP contribution in [0.4, 0.5) is 0 Å². The molecule has 3 nitrogen and oxygen atoms in total. The number of aryl methyl sites for hydroxylation is 1. The molecule has 2 N–H and O–H groups in total. The zero-order valence-electron chi connectivity index (χ0n) is 11.5. The largest absolute Gasteiger partial charge is 0.301 e. The summed E-state index contributed by atoms with van der Waals surface area (Å²) in [5.74, 6) is 0. The van der Waals surface area contributed by atoms with Crippen molar-refractivity contribution in [2.24, 2.45) is 5.73 Å². The highest BCUT2D eigenvalue weighted by Gasteiger charge is 2.30. The topological polar surface area (TPSA) is 38.5 Å². The first-order chi connectivity index (χ1) is 9.24. The van der Waals surface area contributed by atoms with Crippen molar-refractivity contribution in [1.82, 2.24) is 5.06 Å². The molecule has 0 bridgehead atoms. The summed E-state index contributed by atoms with van der Waals surface area (Å²) in [5.41, 5.74) is 7.15. The zero-order valence-corrected chi connectivity index (χ0v) is 12.3. The Labute approximate surface area is 119 Å². The summed E-state index contributed by atoms with van der Waals surface area (Å²) in [4.78, 5) is 8.46. The summed E-state index contributed by atoms with van der Waals surface area (Å²) < 4.78 is 0. The molecule has 0 spiro atoms. The van der Waals surface area contributed by atoms with Gasteiger partial charge < -0.3 is 5.73 Å². The number of nitrogens with zero attached hydrogens (tertiary/aromatic N) is 1. The Morgan fingerprint density at radius 3 is 2.58 bits per heavy atom. The highest BCUT2D eigenvalue weighted by atomic mass is 32.1. The molecule has 1 aliphatic heterocycles. The summed E-state index contributed by atoms with van der Waals surface area (Å²) in [5, 5.41) is 2.10. The van der Waals surface area contributed by atoms with Crippen LogP contribution in [0.5, 0.6) is 0 Å². The Hall–Kier alpha value is -0.840. The van der Waals surface area contributed by atoms with Gasteiger partial charge in [-0.05, 0) is 38.0 Å². The van der Waals surface area contributed by atoms with Crippen LogP contribution in [-0.4, -0.2) is 17.3 Å². The molecule has 1 atom stereocenters. The lowest BCUT2D eigenvalue weighted by atomic mass is 10.1. The number of hydroxylamine groups is 2. The Bertz CT molecular complexity index is 460. The summed E-state index contributed by atoms with van der Waals surface area (Å²) in [6.45, 7) is 2.14. The van der Waals surface area contributed by atoms with Crippen LogP contribution in [0.25, 0.3) is 5.70 Å². The second-order valence-corrected chi connectivity index (χ2v) is 6.79. The maximum Gasteiger partial charge on any atom is 0.155 e. The van der Waals surface area contributed by atoms with E-state index in [0.29, 0.717) is 6.04 Å². The fraction of sp³-hybridized carbons (Fsp3) is 0.600.